The van der Waals surface area contributed by atoms with Gasteiger partial charge in [0.05, 0.1) is 24.1 Å². The summed E-state index contributed by atoms with van der Waals surface area (Å²) in [5.74, 6) is -3.34. The summed E-state index contributed by atoms with van der Waals surface area (Å²) in [7, 11) is 0. The second-order valence-electron chi connectivity index (χ2n) is 10.8. The molecule has 3 fully saturated rings. The van der Waals surface area contributed by atoms with E-state index < -0.39 is 41.1 Å². The average Bonchev–Trinajstić information content (AvgIpc) is 3.71. The minimum absolute atomic E-state index is 0.0685. The third kappa shape index (κ3) is 4.10. The van der Waals surface area contributed by atoms with Crippen molar-refractivity contribution in [3.05, 3.63) is 41.2 Å². The number of hydrogen-bond acceptors (Lipinski definition) is 6. The number of imide groups is 2. The van der Waals surface area contributed by atoms with Crippen molar-refractivity contribution >= 4 is 29.7 Å². The van der Waals surface area contributed by atoms with Crippen LogP contribution in [0.15, 0.2) is 35.5 Å². The molecule has 202 valence electrons. The van der Waals surface area contributed by atoms with Crippen molar-refractivity contribution in [1.82, 2.24) is 25.4 Å². The molecule has 5 rings (SSSR count). The molecule has 1 aromatic rings. The van der Waals surface area contributed by atoms with Crippen molar-refractivity contribution in [3.63, 3.8) is 0 Å². The molecular formula is C28H35N5O5. The molecule has 2 aliphatic heterocycles. The van der Waals surface area contributed by atoms with Crippen LogP contribution in [0.25, 0.3) is 0 Å². The van der Waals surface area contributed by atoms with Crippen LogP contribution in [0.3, 0.4) is 0 Å². The predicted octanol–water partition coefficient (Wildman–Crippen LogP) is 2.16. The lowest BCUT2D eigenvalue weighted by Gasteiger charge is -2.52. The van der Waals surface area contributed by atoms with Gasteiger partial charge in [-0.3, -0.25) is 29.1 Å². The number of carbonyl (C=O) groups excluding carboxylic acids is 5. The number of likely N-dealkylation sites (tertiary alicyclic amines) is 1. The highest BCUT2D eigenvalue weighted by atomic mass is 16.2. The fourth-order valence-electron chi connectivity index (χ4n) is 6.55. The van der Waals surface area contributed by atoms with E-state index in [0.717, 1.165) is 23.3 Å². The molecule has 0 bridgehead atoms. The van der Waals surface area contributed by atoms with Gasteiger partial charge in [-0.15, -0.1) is 0 Å². The molecular weight excluding hydrogens is 486 g/mol. The third-order valence-electron chi connectivity index (χ3n) is 8.67. The Kier molecular flexibility index (Phi) is 6.83. The highest BCUT2D eigenvalue weighted by Gasteiger charge is 2.65. The van der Waals surface area contributed by atoms with Crippen molar-refractivity contribution in [2.45, 2.75) is 65.0 Å². The van der Waals surface area contributed by atoms with Gasteiger partial charge in [0.25, 0.3) is 5.91 Å². The van der Waals surface area contributed by atoms with Gasteiger partial charge in [0, 0.05) is 30.8 Å². The van der Waals surface area contributed by atoms with E-state index in [4.69, 9.17) is 0 Å². The van der Waals surface area contributed by atoms with Gasteiger partial charge >= 0.3 is 6.03 Å². The molecule has 4 atom stereocenters. The van der Waals surface area contributed by atoms with Gasteiger partial charge in [-0.05, 0) is 64.0 Å². The van der Waals surface area contributed by atoms with E-state index >= 15 is 0 Å². The zero-order valence-corrected chi connectivity index (χ0v) is 22.2. The molecule has 10 nitrogen and oxygen atoms in total. The number of hydrogen-bond donors (Lipinski definition) is 2. The smallest absolute Gasteiger partial charge is 0.325 e. The molecule has 0 radical (unpaired) electrons. The lowest BCUT2D eigenvalue weighted by atomic mass is 9.59. The van der Waals surface area contributed by atoms with E-state index in [1.807, 2.05) is 6.92 Å². The topological polar surface area (TPSA) is 129 Å². The summed E-state index contributed by atoms with van der Waals surface area (Å²) >= 11 is 0. The second-order valence-corrected chi connectivity index (χ2v) is 10.8. The Bertz CT molecular complexity index is 1210. The molecule has 3 heterocycles. The second kappa shape index (κ2) is 9.96. The number of nitrogens with zero attached hydrogens (tertiary/aromatic N) is 3. The largest absolute Gasteiger partial charge is 0.354 e. The van der Waals surface area contributed by atoms with Crippen molar-refractivity contribution < 1.29 is 24.0 Å². The minimum Gasteiger partial charge on any atom is -0.354 e. The zero-order valence-electron chi connectivity index (χ0n) is 22.2. The van der Waals surface area contributed by atoms with E-state index in [9.17, 15) is 24.0 Å². The number of nitrogens with one attached hydrogen (secondary N) is 2. The lowest BCUT2D eigenvalue weighted by Crippen LogP contribution is -2.71. The summed E-state index contributed by atoms with van der Waals surface area (Å²) in [6, 6.07) is 4.59. The Morgan fingerprint density at radius 1 is 1.08 bits per heavy atom. The normalized spacial score (nSPS) is 28.8. The highest BCUT2D eigenvalue weighted by molar-refractivity contribution is 6.12. The number of rotatable bonds is 7. The number of amides is 6. The van der Waals surface area contributed by atoms with Gasteiger partial charge in [0.15, 0.2) is 0 Å². The van der Waals surface area contributed by atoms with Gasteiger partial charge in [-0.25, -0.2) is 9.69 Å². The van der Waals surface area contributed by atoms with E-state index in [0.29, 0.717) is 43.0 Å². The van der Waals surface area contributed by atoms with Crippen LogP contribution < -0.4 is 10.6 Å². The van der Waals surface area contributed by atoms with Crippen LogP contribution in [-0.4, -0.2) is 63.1 Å². The maximum absolute atomic E-state index is 14.0. The first-order chi connectivity index (χ1) is 18.2. The highest BCUT2D eigenvalue weighted by Crippen LogP contribution is 2.54. The van der Waals surface area contributed by atoms with Gasteiger partial charge in [0.2, 0.25) is 17.7 Å². The predicted molar refractivity (Wildman–Crippen MR) is 137 cm³/mol. The van der Waals surface area contributed by atoms with Crippen LogP contribution in [0.1, 0.15) is 58.6 Å². The number of pyridine rings is 1. The molecule has 1 aromatic heterocycles. The van der Waals surface area contributed by atoms with Crippen LogP contribution >= 0.6 is 0 Å². The van der Waals surface area contributed by atoms with Crippen molar-refractivity contribution in [2.75, 3.05) is 13.1 Å². The third-order valence-corrected chi connectivity index (χ3v) is 8.67. The molecule has 4 aliphatic rings. The van der Waals surface area contributed by atoms with Crippen molar-refractivity contribution in [1.29, 1.82) is 0 Å². The molecule has 0 spiro atoms. The molecule has 0 aromatic carbocycles. The Morgan fingerprint density at radius 3 is 2.47 bits per heavy atom. The molecule has 10 heteroatoms. The SMILES string of the molecule is CCC1=C2CC[C@H]3C(=O)N(CC)C(=O)[C@H]3[C@H]2[C@@](C)(C(=O)NCC2CC2)N(C(=O)NCc2ccccn2)C1=O. The molecule has 0 unspecified atom stereocenters. The molecule has 2 N–H and O–H groups in total. The summed E-state index contributed by atoms with van der Waals surface area (Å²) in [4.78, 5) is 75.0. The van der Waals surface area contributed by atoms with Crippen LogP contribution in [0.2, 0.25) is 0 Å². The molecule has 38 heavy (non-hydrogen) atoms. The van der Waals surface area contributed by atoms with Crippen LogP contribution in [-0.2, 0) is 25.7 Å². The number of fused-ring (bicyclic) bond motifs is 3. The summed E-state index contributed by atoms with van der Waals surface area (Å²) in [5.41, 5.74) is 0.0989. The average molecular weight is 522 g/mol. The standard InChI is InChI=1S/C28H35N5O5/c1-4-18-19-11-12-20-21(25(36)32(5-2)23(20)34)22(19)28(3,26(37)30-14-16-9-10-16)33(24(18)35)27(38)31-15-17-8-6-7-13-29-17/h6-8,13,16,20-22H,4-5,9-12,14-15H2,1-3H3,(H,30,37)(H,31,38)/t20-,21-,22+,28+/m1/s1. The molecule has 2 saturated carbocycles. The van der Waals surface area contributed by atoms with E-state index in [1.165, 1.54) is 4.90 Å². The monoisotopic (exact) mass is 521 g/mol. The number of urea groups is 1. The zero-order chi connectivity index (χ0) is 27.2. The first-order valence-corrected chi connectivity index (χ1v) is 13.6. The molecule has 1 saturated heterocycles. The Balaban J connectivity index is 1.59. The van der Waals surface area contributed by atoms with Gasteiger partial charge in [0.1, 0.15) is 5.54 Å². The fraction of sp³-hybridized carbons (Fsp3) is 0.571. The minimum atomic E-state index is -1.68. The summed E-state index contributed by atoms with van der Waals surface area (Å²) in [6.45, 7) is 5.93. The first-order valence-electron chi connectivity index (χ1n) is 13.6. The van der Waals surface area contributed by atoms with Gasteiger partial charge < -0.3 is 10.6 Å². The maximum Gasteiger partial charge on any atom is 0.325 e. The maximum atomic E-state index is 14.0. The Labute approximate surface area is 222 Å². The molecule has 6 amide bonds. The fourth-order valence-corrected chi connectivity index (χ4v) is 6.55. The van der Waals surface area contributed by atoms with Gasteiger partial charge in [-0.2, -0.15) is 0 Å². The summed E-state index contributed by atoms with van der Waals surface area (Å²) in [5, 5.41) is 5.74. The first kappa shape index (κ1) is 26.1. The van der Waals surface area contributed by atoms with E-state index in [-0.39, 0.29) is 24.9 Å². The van der Waals surface area contributed by atoms with Crippen molar-refractivity contribution in [3.8, 4) is 0 Å². The van der Waals surface area contributed by atoms with Crippen molar-refractivity contribution in [2.24, 2.45) is 23.7 Å². The Morgan fingerprint density at radius 2 is 1.84 bits per heavy atom. The van der Waals surface area contributed by atoms with Gasteiger partial charge in [-0.1, -0.05) is 18.6 Å². The van der Waals surface area contributed by atoms with E-state index in [2.05, 4.69) is 15.6 Å². The van der Waals surface area contributed by atoms with Crippen LogP contribution in [0.4, 0.5) is 4.79 Å². The summed E-state index contributed by atoms with van der Waals surface area (Å²) in [6.07, 6.45) is 4.87. The van der Waals surface area contributed by atoms with E-state index in [1.54, 1.807) is 38.2 Å². The number of aromatic nitrogens is 1. The lowest BCUT2D eigenvalue weighted by molar-refractivity contribution is -0.150. The van der Waals surface area contributed by atoms with Crippen LogP contribution in [0.5, 0.6) is 0 Å². The molecule has 2 aliphatic carbocycles. The number of carbonyl (C=O) groups is 5. The summed E-state index contributed by atoms with van der Waals surface area (Å²) < 4.78 is 0. The quantitative estimate of drug-likeness (QED) is 0.529. The Hall–Kier alpha value is -3.56. The van der Waals surface area contributed by atoms with Crippen LogP contribution in [0, 0.1) is 23.7 Å².